The Hall–Kier alpha value is -3.42. The Morgan fingerprint density at radius 2 is 1.32 bits per heavy atom. The summed E-state index contributed by atoms with van der Waals surface area (Å²) in [5.41, 5.74) is 7.12. The summed E-state index contributed by atoms with van der Waals surface area (Å²) in [6.07, 6.45) is 4.94. The first-order valence-electron chi connectivity index (χ1n) is 13.9. The molecule has 0 aliphatic heterocycles. The van der Waals surface area contributed by atoms with Gasteiger partial charge in [-0.2, -0.15) is 0 Å². The number of carboxylic acids is 2. The van der Waals surface area contributed by atoms with Crippen LogP contribution in [-0.2, 0) is 20.4 Å². The zero-order valence-corrected chi connectivity index (χ0v) is 26.3. The first-order chi connectivity index (χ1) is 18.8. The zero-order valence-electron chi connectivity index (χ0n) is 26.3. The van der Waals surface area contributed by atoms with E-state index in [0.29, 0.717) is 24.7 Å². The molecule has 7 nitrogen and oxygen atoms in total. The third kappa shape index (κ3) is 13.2. The average molecular weight is 568 g/mol. The number of carboxylic acid groups (broad SMARTS) is 2. The number of hydrogen-bond acceptors (Lipinski definition) is 5. The number of carbonyl (C=O) groups is 2. The van der Waals surface area contributed by atoms with Crippen molar-refractivity contribution in [2.75, 3.05) is 13.2 Å². The minimum Gasteiger partial charge on any atom is -0.490 e. The molecule has 0 saturated heterocycles. The van der Waals surface area contributed by atoms with Crippen LogP contribution in [0.4, 0.5) is 0 Å². The molecule has 0 heterocycles. The van der Waals surface area contributed by atoms with Crippen LogP contribution < -0.4 is 10.1 Å². The van der Waals surface area contributed by atoms with Gasteiger partial charge in [0.05, 0.1) is 0 Å². The minimum absolute atomic E-state index is 0.0965. The van der Waals surface area contributed by atoms with E-state index in [1.54, 1.807) is 0 Å². The Labute approximate surface area is 246 Å². The molecule has 4 N–H and O–H groups in total. The van der Waals surface area contributed by atoms with Crippen molar-refractivity contribution in [2.45, 2.75) is 92.2 Å². The van der Waals surface area contributed by atoms with E-state index in [2.05, 4.69) is 117 Å². The summed E-state index contributed by atoms with van der Waals surface area (Å²) in [5.74, 6) is -1.61. The summed E-state index contributed by atoms with van der Waals surface area (Å²) in [6.45, 7) is 22.5. The number of benzene rings is 2. The predicted molar refractivity (Wildman–Crippen MR) is 168 cm³/mol. The van der Waals surface area contributed by atoms with Crippen molar-refractivity contribution < 1.29 is 29.6 Å². The average Bonchev–Trinajstić information content (AvgIpc) is 2.84. The van der Waals surface area contributed by atoms with Gasteiger partial charge < -0.3 is 25.4 Å². The first kappa shape index (κ1) is 35.6. The van der Waals surface area contributed by atoms with Crippen molar-refractivity contribution in [3.05, 3.63) is 75.9 Å². The monoisotopic (exact) mass is 567 g/mol. The lowest BCUT2D eigenvalue weighted by Gasteiger charge is -2.31. The van der Waals surface area contributed by atoms with Gasteiger partial charge in [-0.3, -0.25) is 0 Å². The molecule has 0 fully saturated rings. The van der Waals surface area contributed by atoms with Crippen LogP contribution in [0.25, 0.3) is 12.2 Å². The van der Waals surface area contributed by atoms with Crippen molar-refractivity contribution in [1.29, 1.82) is 0 Å². The Bertz CT molecular complexity index is 1180. The van der Waals surface area contributed by atoms with Crippen molar-refractivity contribution in [3.8, 4) is 5.75 Å². The fourth-order valence-electron chi connectivity index (χ4n) is 3.83. The predicted octanol–water partition coefficient (Wildman–Crippen LogP) is 6.52. The van der Waals surface area contributed by atoms with Crippen LogP contribution in [0.3, 0.4) is 0 Å². The molecule has 226 valence electrons. The second kappa shape index (κ2) is 15.5. The summed E-state index contributed by atoms with van der Waals surface area (Å²) >= 11 is 0. The van der Waals surface area contributed by atoms with E-state index in [1.807, 2.05) is 0 Å². The normalized spacial score (nSPS) is 12.9. The number of aliphatic hydroxyl groups excluding tert-OH is 1. The number of aliphatic carboxylic acids is 2. The van der Waals surface area contributed by atoms with Gasteiger partial charge in [0.25, 0.3) is 0 Å². The summed E-state index contributed by atoms with van der Waals surface area (Å²) in [5, 5.41) is 29.4. The zero-order chi connectivity index (χ0) is 31.5. The summed E-state index contributed by atoms with van der Waals surface area (Å²) in [4.78, 5) is 19.1. The molecule has 2 aromatic carbocycles. The van der Waals surface area contributed by atoms with Crippen LogP contribution in [0.5, 0.6) is 5.75 Å². The van der Waals surface area contributed by atoms with Gasteiger partial charge in [-0.1, -0.05) is 85.7 Å². The van der Waals surface area contributed by atoms with E-state index >= 15 is 0 Å². The number of ether oxygens (including phenoxy) is 1. The van der Waals surface area contributed by atoms with Crippen molar-refractivity contribution >= 4 is 24.1 Å². The largest absolute Gasteiger partial charge is 0.490 e. The molecule has 2 rings (SSSR count). The maximum Gasteiger partial charge on any atom is 0.328 e. The fraction of sp³-hybridized carbons (Fsp3) is 0.471. The summed E-state index contributed by atoms with van der Waals surface area (Å²) in [7, 11) is 0. The molecule has 0 bridgehead atoms. The highest BCUT2D eigenvalue weighted by atomic mass is 16.5. The molecule has 2 aromatic rings. The molecule has 7 heteroatoms. The number of nitrogens with one attached hydrogen (secondary N) is 1. The van der Waals surface area contributed by atoms with Crippen LogP contribution in [0, 0.1) is 13.8 Å². The van der Waals surface area contributed by atoms with E-state index in [4.69, 9.17) is 14.9 Å². The molecule has 0 aromatic heterocycles. The van der Waals surface area contributed by atoms with Crippen molar-refractivity contribution in [3.63, 3.8) is 0 Å². The van der Waals surface area contributed by atoms with Gasteiger partial charge in [0.2, 0.25) is 0 Å². The number of hydrogen-bond donors (Lipinski definition) is 4. The van der Waals surface area contributed by atoms with E-state index in [9.17, 15) is 14.7 Å². The number of rotatable bonds is 10. The smallest absolute Gasteiger partial charge is 0.328 e. The lowest BCUT2D eigenvalue weighted by Crippen LogP contribution is -2.35. The number of aliphatic hydroxyl groups is 1. The molecule has 0 aliphatic rings. The Morgan fingerprint density at radius 3 is 1.73 bits per heavy atom. The second-order valence-corrected chi connectivity index (χ2v) is 12.7. The molecule has 0 saturated carbocycles. The molecule has 0 radical (unpaired) electrons. The van der Waals surface area contributed by atoms with Crippen molar-refractivity contribution in [2.24, 2.45) is 0 Å². The Kier molecular flexibility index (Phi) is 13.5. The molecule has 0 spiro atoms. The van der Waals surface area contributed by atoms with Crippen LogP contribution in [0.2, 0.25) is 0 Å². The third-order valence-electron chi connectivity index (χ3n) is 6.28. The van der Waals surface area contributed by atoms with E-state index in [-0.39, 0.29) is 17.4 Å². The topological polar surface area (TPSA) is 116 Å². The van der Waals surface area contributed by atoms with E-state index < -0.39 is 18.0 Å². The minimum atomic E-state index is -1.26. The standard InChI is InChI=1S/C30H45NO2.C4H4O4/c1-20(2)31-18-25(32)19-33-28-26(29(5,6)7)16-24(17-27(28)30(8,9)10)14-13-23-12-11-21(3)22(4)15-23;5-3(6)1-2-4(7)8/h11-17,20,25,31-32H,18-19H2,1-10H3;1-2H,(H,5,6)(H,7,8)/b14-13+;2-1-. The lowest BCUT2D eigenvalue weighted by molar-refractivity contribution is -0.134. The second-order valence-electron chi connectivity index (χ2n) is 12.7. The van der Waals surface area contributed by atoms with Crippen LogP contribution in [0.1, 0.15) is 88.8 Å². The first-order valence-corrected chi connectivity index (χ1v) is 13.9. The molecule has 41 heavy (non-hydrogen) atoms. The molecule has 0 amide bonds. The highest BCUT2D eigenvalue weighted by Crippen LogP contribution is 2.41. The lowest BCUT2D eigenvalue weighted by atomic mass is 9.78. The van der Waals surface area contributed by atoms with Gasteiger partial charge in [-0.05, 0) is 59.1 Å². The fourth-order valence-corrected chi connectivity index (χ4v) is 3.83. The van der Waals surface area contributed by atoms with Gasteiger partial charge >= 0.3 is 11.9 Å². The van der Waals surface area contributed by atoms with E-state index in [0.717, 1.165) is 11.3 Å². The van der Waals surface area contributed by atoms with Gasteiger partial charge in [0.15, 0.2) is 0 Å². The maximum absolute atomic E-state index is 10.5. The molecular formula is C34H49NO6. The van der Waals surface area contributed by atoms with Gasteiger partial charge in [0.1, 0.15) is 18.5 Å². The van der Waals surface area contributed by atoms with Gasteiger partial charge in [-0.25, -0.2) is 9.59 Å². The summed E-state index contributed by atoms with van der Waals surface area (Å²) < 4.78 is 6.35. The van der Waals surface area contributed by atoms with E-state index in [1.165, 1.54) is 27.8 Å². The van der Waals surface area contributed by atoms with Gasteiger partial charge in [0, 0.05) is 35.9 Å². The van der Waals surface area contributed by atoms with Crippen molar-refractivity contribution in [1.82, 2.24) is 5.32 Å². The third-order valence-corrected chi connectivity index (χ3v) is 6.28. The Balaban J connectivity index is 0.000000915. The van der Waals surface area contributed by atoms with Gasteiger partial charge in [-0.15, -0.1) is 0 Å². The molecule has 0 aliphatic carbocycles. The molecular weight excluding hydrogens is 518 g/mol. The van der Waals surface area contributed by atoms with Crippen LogP contribution in [0.15, 0.2) is 42.5 Å². The molecule has 1 atom stereocenters. The maximum atomic E-state index is 10.5. The highest BCUT2D eigenvalue weighted by Gasteiger charge is 2.28. The van der Waals surface area contributed by atoms with Crippen LogP contribution >= 0.6 is 0 Å². The Morgan fingerprint density at radius 1 is 0.829 bits per heavy atom. The van der Waals surface area contributed by atoms with Crippen LogP contribution in [-0.4, -0.2) is 52.6 Å². The number of aryl methyl sites for hydroxylation is 2. The SMILES string of the molecule is Cc1ccc(/C=C/c2cc(C(C)(C)C)c(OCC(O)CNC(C)C)c(C(C)(C)C)c2)cc1C.O=C(O)/C=C\C(=O)O. The summed E-state index contributed by atoms with van der Waals surface area (Å²) in [6, 6.07) is 11.4. The highest BCUT2D eigenvalue weighted by molar-refractivity contribution is 5.89. The quantitative estimate of drug-likeness (QED) is 0.191. The molecule has 1 unspecified atom stereocenters.